The van der Waals surface area contributed by atoms with Crippen molar-refractivity contribution in [3.05, 3.63) is 11.6 Å². The summed E-state index contributed by atoms with van der Waals surface area (Å²) in [5.74, 6) is -1.12. The van der Waals surface area contributed by atoms with Gasteiger partial charge in [-0.05, 0) is 95.6 Å². The molecule has 3 fully saturated rings. The molecule has 7 nitrogen and oxygen atoms in total. The Bertz CT molecular complexity index is 860. The first-order valence-electron chi connectivity index (χ1n) is 13.0. The van der Waals surface area contributed by atoms with E-state index in [0.717, 1.165) is 0 Å². The second-order valence-corrected chi connectivity index (χ2v) is 13.1. The number of ketones is 1. The Morgan fingerprint density at radius 2 is 1.68 bits per heavy atom. The topological polar surface area (TPSA) is 138 Å². The SMILES string of the molecule is CC(C)(O)CC[C@@H](O)[C@@](C)(O)C1CC[C@@]2(O)C3=CC(=O)[C@@H]4CC[C@@H](O)[C@H](O)[C@]4(C)C3CC[C@]12C. The van der Waals surface area contributed by atoms with Gasteiger partial charge in [-0.25, -0.2) is 0 Å². The van der Waals surface area contributed by atoms with Crippen molar-refractivity contribution in [2.45, 2.75) is 121 Å². The third kappa shape index (κ3) is 3.57. The second kappa shape index (κ2) is 8.09. The van der Waals surface area contributed by atoms with Crippen LogP contribution >= 0.6 is 0 Å². The molecule has 0 aromatic rings. The summed E-state index contributed by atoms with van der Waals surface area (Å²) in [6, 6.07) is 0. The van der Waals surface area contributed by atoms with Gasteiger partial charge in [0.25, 0.3) is 0 Å². The molecule has 4 aliphatic carbocycles. The lowest BCUT2D eigenvalue weighted by molar-refractivity contribution is -0.188. The minimum absolute atomic E-state index is 0.0993. The molecular formula is C27H44O7. The van der Waals surface area contributed by atoms with Crippen LogP contribution in [0.25, 0.3) is 0 Å². The fourth-order valence-corrected chi connectivity index (χ4v) is 8.38. The van der Waals surface area contributed by atoms with Crippen LogP contribution in [0.15, 0.2) is 11.6 Å². The zero-order valence-corrected chi connectivity index (χ0v) is 21.3. The predicted octanol–water partition coefficient (Wildman–Crippen LogP) is 1.85. The van der Waals surface area contributed by atoms with Crippen molar-refractivity contribution in [2.24, 2.45) is 28.6 Å². The van der Waals surface area contributed by atoms with E-state index in [-0.39, 0.29) is 24.0 Å². The van der Waals surface area contributed by atoms with Crippen LogP contribution in [0.4, 0.5) is 0 Å². The molecule has 0 radical (unpaired) electrons. The molecule has 10 atom stereocenters. The molecule has 0 bridgehead atoms. The van der Waals surface area contributed by atoms with Crippen LogP contribution < -0.4 is 0 Å². The third-order valence-electron chi connectivity index (χ3n) is 10.6. The van der Waals surface area contributed by atoms with Crippen molar-refractivity contribution in [1.82, 2.24) is 0 Å². The van der Waals surface area contributed by atoms with Crippen LogP contribution in [0.3, 0.4) is 0 Å². The monoisotopic (exact) mass is 480 g/mol. The minimum atomic E-state index is -1.48. The van der Waals surface area contributed by atoms with Gasteiger partial charge in [0, 0.05) is 16.7 Å². The molecule has 4 aliphatic rings. The van der Waals surface area contributed by atoms with E-state index in [1.165, 1.54) is 0 Å². The summed E-state index contributed by atoms with van der Waals surface area (Å²) in [5, 5.41) is 66.3. The molecule has 0 amide bonds. The fraction of sp³-hybridized carbons (Fsp3) is 0.889. The molecule has 6 N–H and O–H groups in total. The predicted molar refractivity (Wildman–Crippen MR) is 127 cm³/mol. The van der Waals surface area contributed by atoms with Crippen molar-refractivity contribution in [3.63, 3.8) is 0 Å². The first-order chi connectivity index (χ1) is 15.5. The second-order valence-electron chi connectivity index (χ2n) is 13.1. The van der Waals surface area contributed by atoms with Gasteiger partial charge in [0.05, 0.1) is 35.1 Å². The lowest BCUT2D eigenvalue weighted by Crippen LogP contribution is -2.65. The van der Waals surface area contributed by atoms with Crippen LogP contribution in [0.2, 0.25) is 0 Å². The van der Waals surface area contributed by atoms with Gasteiger partial charge in [0.15, 0.2) is 5.78 Å². The molecule has 3 saturated carbocycles. The number of hydrogen-bond donors (Lipinski definition) is 6. The fourth-order valence-electron chi connectivity index (χ4n) is 8.38. The highest BCUT2D eigenvalue weighted by Crippen LogP contribution is 2.68. The standard InChI is InChI=1S/C27H44O7/c1-23(2,32)11-10-21(30)26(5,33)20-9-13-27(34)17-14-19(29)16-6-7-18(28)22(31)25(16,4)15(17)8-12-24(20,27)3/h14-16,18,20-22,28,30-34H,6-13H2,1-5H3/t15?,16-,18+,20?,21+,22-,24+,25+,26-,27+/m0/s1. The zero-order chi connectivity index (χ0) is 25.5. The molecular weight excluding hydrogens is 436 g/mol. The summed E-state index contributed by atoms with van der Waals surface area (Å²) in [7, 11) is 0. The number of aliphatic hydroxyl groups is 6. The summed E-state index contributed by atoms with van der Waals surface area (Å²) in [6.07, 6.45) is 2.12. The Kier molecular flexibility index (Phi) is 6.24. The van der Waals surface area contributed by atoms with Gasteiger partial charge in [0.1, 0.15) is 0 Å². The Labute approximate surface area is 202 Å². The van der Waals surface area contributed by atoms with Gasteiger partial charge in [-0.3, -0.25) is 4.79 Å². The first kappa shape index (κ1) is 26.2. The molecule has 0 spiro atoms. The highest BCUT2D eigenvalue weighted by molar-refractivity contribution is 5.95. The Balaban J connectivity index is 1.68. The van der Waals surface area contributed by atoms with Gasteiger partial charge in [-0.15, -0.1) is 0 Å². The number of hydrogen-bond acceptors (Lipinski definition) is 7. The van der Waals surface area contributed by atoms with E-state index in [0.29, 0.717) is 50.5 Å². The van der Waals surface area contributed by atoms with E-state index in [9.17, 15) is 35.4 Å². The van der Waals surface area contributed by atoms with E-state index >= 15 is 0 Å². The minimum Gasteiger partial charge on any atom is -0.390 e. The molecule has 0 heterocycles. The quantitative estimate of drug-likeness (QED) is 0.353. The van der Waals surface area contributed by atoms with Crippen LogP contribution in [0.1, 0.15) is 86.0 Å². The zero-order valence-electron chi connectivity index (χ0n) is 21.3. The number of fused-ring (bicyclic) bond motifs is 5. The summed E-state index contributed by atoms with van der Waals surface area (Å²) < 4.78 is 0. The molecule has 0 aliphatic heterocycles. The Morgan fingerprint density at radius 3 is 2.29 bits per heavy atom. The first-order valence-corrected chi connectivity index (χ1v) is 13.0. The average Bonchev–Trinajstić information content (AvgIpc) is 3.02. The van der Waals surface area contributed by atoms with Gasteiger partial charge < -0.3 is 30.6 Å². The highest BCUT2D eigenvalue weighted by atomic mass is 16.3. The van der Waals surface area contributed by atoms with Gasteiger partial charge in [0.2, 0.25) is 0 Å². The largest absolute Gasteiger partial charge is 0.390 e. The molecule has 0 saturated heterocycles. The third-order valence-corrected chi connectivity index (χ3v) is 10.6. The lowest BCUT2D eigenvalue weighted by atomic mass is 9.45. The summed E-state index contributed by atoms with van der Waals surface area (Å²) in [6.45, 7) is 8.79. The van der Waals surface area contributed by atoms with E-state index < -0.39 is 51.9 Å². The summed E-state index contributed by atoms with van der Waals surface area (Å²) in [5.41, 5.74) is -4.77. The number of carbonyl (C=O) groups excluding carboxylic acids is 1. The number of aliphatic hydroxyl groups excluding tert-OH is 3. The summed E-state index contributed by atoms with van der Waals surface area (Å²) in [4.78, 5) is 13.2. The van der Waals surface area contributed by atoms with Crippen molar-refractivity contribution in [2.75, 3.05) is 0 Å². The van der Waals surface area contributed by atoms with Gasteiger partial charge in [-0.2, -0.15) is 0 Å². The van der Waals surface area contributed by atoms with Crippen LogP contribution in [-0.2, 0) is 4.79 Å². The number of rotatable bonds is 5. The highest BCUT2D eigenvalue weighted by Gasteiger charge is 2.69. The maximum Gasteiger partial charge on any atom is 0.159 e. The summed E-state index contributed by atoms with van der Waals surface area (Å²) >= 11 is 0. The number of carbonyl (C=O) groups is 1. The molecule has 194 valence electrons. The maximum atomic E-state index is 13.2. The normalized spacial score (nSPS) is 47.2. The maximum absolute atomic E-state index is 13.2. The molecule has 2 unspecified atom stereocenters. The van der Waals surface area contributed by atoms with Crippen molar-refractivity contribution in [3.8, 4) is 0 Å². The van der Waals surface area contributed by atoms with Gasteiger partial charge >= 0.3 is 0 Å². The molecule has 0 aromatic heterocycles. The van der Waals surface area contributed by atoms with Crippen LogP contribution in [-0.4, -0.2) is 71.5 Å². The van der Waals surface area contributed by atoms with E-state index in [4.69, 9.17) is 0 Å². The van der Waals surface area contributed by atoms with E-state index in [1.807, 2.05) is 13.8 Å². The number of allylic oxidation sites excluding steroid dienone is 1. The molecule has 34 heavy (non-hydrogen) atoms. The van der Waals surface area contributed by atoms with Crippen LogP contribution in [0, 0.1) is 28.6 Å². The average molecular weight is 481 g/mol. The van der Waals surface area contributed by atoms with Crippen LogP contribution in [0.5, 0.6) is 0 Å². The van der Waals surface area contributed by atoms with E-state index in [1.54, 1.807) is 26.8 Å². The van der Waals surface area contributed by atoms with E-state index in [2.05, 4.69) is 0 Å². The van der Waals surface area contributed by atoms with Crippen molar-refractivity contribution < 1.29 is 35.4 Å². The smallest absolute Gasteiger partial charge is 0.159 e. The molecule has 4 rings (SSSR count). The lowest BCUT2D eigenvalue weighted by Gasteiger charge is -2.61. The molecule has 7 heteroatoms. The van der Waals surface area contributed by atoms with Crippen molar-refractivity contribution >= 4 is 5.78 Å². The molecule has 0 aromatic carbocycles. The Hall–Kier alpha value is -0.830. The Morgan fingerprint density at radius 1 is 1.03 bits per heavy atom. The van der Waals surface area contributed by atoms with Gasteiger partial charge in [-0.1, -0.05) is 13.8 Å². The van der Waals surface area contributed by atoms with Crippen molar-refractivity contribution in [1.29, 1.82) is 0 Å².